The van der Waals surface area contributed by atoms with E-state index in [1.54, 1.807) is 18.2 Å². The van der Waals surface area contributed by atoms with E-state index < -0.39 is 5.60 Å². The molecule has 1 heterocycles. The topological polar surface area (TPSA) is 38.3 Å². The molecule has 1 N–H and O–H groups in total. The van der Waals surface area contributed by atoms with Crippen molar-refractivity contribution < 1.29 is 9.53 Å². The summed E-state index contributed by atoms with van der Waals surface area (Å²) in [5.41, 5.74) is 0.910. The van der Waals surface area contributed by atoms with Gasteiger partial charge in [0, 0.05) is 22.3 Å². The first-order valence-corrected chi connectivity index (χ1v) is 8.72. The molecule has 0 atom stereocenters. The fourth-order valence-corrected chi connectivity index (χ4v) is 3.79. The molecule has 0 saturated carbocycles. The lowest BCUT2D eigenvalue weighted by atomic mass is 9.84. The number of halogens is 2. The highest BCUT2D eigenvalue weighted by molar-refractivity contribution is 9.10. The summed E-state index contributed by atoms with van der Waals surface area (Å²) in [5, 5.41) is 3.83. The van der Waals surface area contributed by atoms with Crippen LogP contribution < -0.4 is 5.32 Å². The van der Waals surface area contributed by atoms with Gasteiger partial charge in [-0.3, -0.25) is 0 Å². The molecule has 3 rings (SSSR count). The normalized spacial score (nSPS) is 16.8. The summed E-state index contributed by atoms with van der Waals surface area (Å²) >= 11 is 9.40. The zero-order chi connectivity index (χ0) is 16.3. The monoisotopic (exact) mass is 393 g/mol. The van der Waals surface area contributed by atoms with Crippen LogP contribution in [-0.4, -0.2) is 19.1 Å². The van der Waals surface area contributed by atoms with E-state index in [0.29, 0.717) is 10.6 Å². The summed E-state index contributed by atoms with van der Waals surface area (Å²) < 4.78 is 6.76. The fourth-order valence-electron chi connectivity index (χ4n) is 2.93. The number of hydrogen-bond acceptors (Lipinski definition) is 3. The maximum atomic E-state index is 12.7. The van der Waals surface area contributed by atoms with Gasteiger partial charge in [0.15, 0.2) is 0 Å². The molecule has 1 saturated heterocycles. The van der Waals surface area contributed by atoms with Gasteiger partial charge in [0.25, 0.3) is 0 Å². The Balaban J connectivity index is 1.91. The maximum Gasteiger partial charge on any atom is 0.339 e. The Labute approximate surface area is 149 Å². The van der Waals surface area contributed by atoms with E-state index in [0.717, 1.165) is 36.0 Å². The second kappa shape index (κ2) is 7.04. The highest BCUT2D eigenvalue weighted by Crippen LogP contribution is 2.36. The van der Waals surface area contributed by atoms with Crippen molar-refractivity contribution in [2.75, 3.05) is 13.1 Å². The summed E-state index contributed by atoms with van der Waals surface area (Å²) in [4.78, 5) is 12.7. The van der Waals surface area contributed by atoms with Crippen molar-refractivity contribution >= 4 is 33.5 Å². The number of piperidine rings is 1. The van der Waals surface area contributed by atoms with Crippen molar-refractivity contribution in [3.63, 3.8) is 0 Å². The van der Waals surface area contributed by atoms with E-state index >= 15 is 0 Å². The molecule has 2 aromatic carbocycles. The van der Waals surface area contributed by atoms with Crippen molar-refractivity contribution in [3.8, 4) is 0 Å². The number of carbonyl (C=O) groups is 1. The zero-order valence-corrected chi connectivity index (χ0v) is 14.9. The molecule has 5 heteroatoms. The molecule has 0 aliphatic carbocycles. The highest BCUT2D eigenvalue weighted by atomic mass is 79.9. The van der Waals surface area contributed by atoms with Crippen LogP contribution >= 0.6 is 27.5 Å². The number of esters is 1. The van der Waals surface area contributed by atoms with E-state index in [9.17, 15) is 4.79 Å². The average Bonchev–Trinajstić information content (AvgIpc) is 2.55. The lowest BCUT2D eigenvalue weighted by molar-refractivity contribution is -0.0378. The lowest BCUT2D eigenvalue weighted by Gasteiger charge is -2.37. The molecule has 0 bridgehead atoms. The van der Waals surface area contributed by atoms with Crippen LogP contribution in [0.2, 0.25) is 5.02 Å². The third-order valence-electron chi connectivity index (χ3n) is 4.10. The van der Waals surface area contributed by atoms with E-state index in [4.69, 9.17) is 16.3 Å². The predicted molar refractivity (Wildman–Crippen MR) is 94.8 cm³/mol. The molecule has 0 unspecified atom stereocenters. The largest absolute Gasteiger partial charge is 0.450 e. The van der Waals surface area contributed by atoms with E-state index in [2.05, 4.69) is 21.2 Å². The first kappa shape index (κ1) is 16.5. The van der Waals surface area contributed by atoms with Gasteiger partial charge in [-0.15, -0.1) is 0 Å². The standard InChI is InChI=1S/C18H17BrClNO2/c19-15-10-13(11-16(20)12-15)17(22)23-18(6-8-21-9-7-18)14-4-2-1-3-5-14/h1-5,10-12,21H,6-9H2. The summed E-state index contributed by atoms with van der Waals surface area (Å²) in [6.07, 6.45) is 1.51. The first-order chi connectivity index (χ1) is 11.1. The van der Waals surface area contributed by atoms with E-state index in [1.807, 2.05) is 30.3 Å². The Hall–Kier alpha value is -1.36. The van der Waals surface area contributed by atoms with Gasteiger partial charge in [0.2, 0.25) is 0 Å². The summed E-state index contributed by atoms with van der Waals surface area (Å²) in [7, 11) is 0. The average molecular weight is 395 g/mol. The van der Waals surface area contributed by atoms with Crippen molar-refractivity contribution in [2.24, 2.45) is 0 Å². The van der Waals surface area contributed by atoms with Crippen LogP contribution in [0.3, 0.4) is 0 Å². The van der Waals surface area contributed by atoms with Gasteiger partial charge >= 0.3 is 5.97 Å². The quantitative estimate of drug-likeness (QED) is 0.777. The van der Waals surface area contributed by atoms with Crippen LogP contribution in [0.15, 0.2) is 53.0 Å². The second-order valence-corrected chi connectivity index (χ2v) is 7.01. The maximum absolute atomic E-state index is 12.7. The van der Waals surface area contributed by atoms with E-state index in [1.165, 1.54) is 0 Å². The van der Waals surface area contributed by atoms with Crippen molar-refractivity contribution in [1.29, 1.82) is 0 Å². The minimum Gasteiger partial charge on any atom is -0.450 e. The molecule has 1 aliphatic rings. The van der Waals surface area contributed by atoms with Crippen molar-refractivity contribution in [1.82, 2.24) is 5.32 Å². The second-order valence-electron chi connectivity index (χ2n) is 5.66. The lowest BCUT2D eigenvalue weighted by Crippen LogP contribution is -2.43. The minimum atomic E-state index is -0.585. The van der Waals surface area contributed by atoms with Crippen LogP contribution in [-0.2, 0) is 10.3 Å². The summed E-state index contributed by atoms with van der Waals surface area (Å²) in [5.74, 6) is -0.348. The molecular formula is C18H17BrClNO2. The van der Waals surface area contributed by atoms with Gasteiger partial charge in [-0.25, -0.2) is 4.79 Å². The van der Waals surface area contributed by atoms with Gasteiger partial charge in [-0.2, -0.15) is 0 Å². The fraction of sp³-hybridized carbons (Fsp3) is 0.278. The number of ether oxygens (including phenoxy) is 1. The SMILES string of the molecule is O=C(OC1(c2ccccc2)CCNCC1)c1cc(Cl)cc(Br)c1. The Morgan fingerprint density at radius 1 is 1.13 bits per heavy atom. The minimum absolute atomic E-state index is 0.348. The molecule has 120 valence electrons. The van der Waals surface area contributed by atoms with Crippen LogP contribution in [0, 0.1) is 0 Å². The third kappa shape index (κ3) is 3.77. The predicted octanol–water partition coefficient (Wildman–Crippen LogP) is 4.54. The van der Waals surface area contributed by atoms with Gasteiger partial charge in [-0.1, -0.05) is 57.9 Å². The van der Waals surface area contributed by atoms with Crippen LogP contribution in [0.1, 0.15) is 28.8 Å². The number of carbonyl (C=O) groups excluding carboxylic acids is 1. The third-order valence-corrected chi connectivity index (χ3v) is 4.77. The van der Waals surface area contributed by atoms with Crippen molar-refractivity contribution in [3.05, 3.63) is 69.2 Å². The number of rotatable bonds is 3. The summed E-state index contributed by atoms with van der Waals surface area (Å²) in [6, 6.07) is 15.1. The Kier molecular flexibility index (Phi) is 5.05. The molecule has 0 radical (unpaired) electrons. The van der Waals surface area contributed by atoms with Crippen LogP contribution in [0.4, 0.5) is 0 Å². The smallest absolute Gasteiger partial charge is 0.339 e. The molecule has 1 aliphatic heterocycles. The zero-order valence-electron chi connectivity index (χ0n) is 12.5. The number of hydrogen-bond donors (Lipinski definition) is 1. The van der Waals surface area contributed by atoms with Crippen LogP contribution in [0.25, 0.3) is 0 Å². The first-order valence-electron chi connectivity index (χ1n) is 7.55. The van der Waals surface area contributed by atoms with Crippen molar-refractivity contribution in [2.45, 2.75) is 18.4 Å². The van der Waals surface area contributed by atoms with Gasteiger partial charge < -0.3 is 10.1 Å². The molecular weight excluding hydrogens is 378 g/mol. The number of nitrogens with one attached hydrogen (secondary N) is 1. The molecule has 1 fully saturated rings. The number of benzene rings is 2. The molecule has 3 nitrogen and oxygen atoms in total. The Morgan fingerprint density at radius 2 is 1.83 bits per heavy atom. The van der Waals surface area contributed by atoms with E-state index in [-0.39, 0.29) is 5.97 Å². The van der Waals surface area contributed by atoms with Gasteiger partial charge in [0.05, 0.1) is 5.56 Å². The highest BCUT2D eigenvalue weighted by Gasteiger charge is 2.38. The Morgan fingerprint density at radius 3 is 2.48 bits per heavy atom. The molecule has 23 heavy (non-hydrogen) atoms. The molecule has 0 amide bonds. The molecule has 0 aromatic heterocycles. The molecule has 2 aromatic rings. The van der Waals surface area contributed by atoms with Gasteiger partial charge in [0.1, 0.15) is 5.60 Å². The molecule has 0 spiro atoms. The van der Waals surface area contributed by atoms with Crippen LogP contribution in [0.5, 0.6) is 0 Å². The Bertz CT molecular complexity index is 679. The van der Waals surface area contributed by atoms with Gasteiger partial charge in [-0.05, 0) is 36.9 Å². The summed E-state index contributed by atoms with van der Waals surface area (Å²) in [6.45, 7) is 1.64.